The van der Waals surface area contributed by atoms with E-state index in [2.05, 4.69) is 21.8 Å². The summed E-state index contributed by atoms with van der Waals surface area (Å²) in [7, 11) is 1.91. The second-order valence-corrected chi connectivity index (χ2v) is 9.04. The first kappa shape index (κ1) is 20.6. The zero-order chi connectivity index (χ0) is 21.5. The number of Topliss-reactive ketones (excluding diaryl/α,β-unsaturated/α-hetero) is 1. The van der Waals surface area contributed by atoms with Crippen molar-refractivity contribution in [2.75, 3.05) is 0 Å². The molecule has 30 heavy (non-hydrogen) atoms. The predicted octanol–water partition coefficient (Wildman–Crippen LogP) is 2.79. The van der Waals surface area contributed by atoms with E-state index in [9.17, 15) is 14.4 Å². The highest BCUT2D eigenvalue weighted by atomic mass is 16.2. The zero-order valence-electron chi connectivity index (χ0n) is 17.9. The Morgan fingerprint density at radius 2 is 1.87 bits per heavy atom. The number of ketones is 1. The number of aromatic nitrogens is 2. The lowest BCUT2D eigenvalue weighted by Crippen LogP contribution is -2.64. The molecule has 1 atom stereocenters. The van der Waals surface area contributed by atoms with Gasteiger partial charge in [0, 0.05) is 31.5 Å². The smallest absolute Gasteiger partial charge is 0.223 e. The van der Waals surface area contributed by atoms with Gasteiger partial charge < -0.3 is 10.6 Å². The molecule has 0 aliphatic heterocycles. The molecule has 7 heteroatoms. The van der Waals surface area contributed by atoms with Gasteiger partial charge in [0.05, 0.1) is 17.1 Å². The number of hydrogen-bond donors (Lipinski definition) is 2. The summed E-state index contributed by atoms with van der Waals surface area (Å²) in [6.07, 6.45) is 7.29. The molecule has 7 nitrogen and oxygen atoms in total. The molecule has 0 saturated heterocycles. The SMILES string of the molecule is CC(=O)NC1(C(C)=O)CC(C(=O)N[C@@H](c2cccc3nn(C)cc23)C2CCCC2)C1. The lowest BCUT2D eigenvalue weighted by molar-refractivity contribution is -0.142. The highest BCUT2D eigenvalue weighted by Crippen LogP contribution is 2.42. The van der Waals surface area contributed by atoms with Crippen molar-refractivity contribution in [3.05, 3.63) is 30.0 Å². The van der Waals surface area contributed by atoms with Gasteiger partial charge in [0.25, 0.3) is 0 Å². The van der Waals surface area contributed by atoms with Crippen molar-refractivity contribution in [3.63, 3.8) is 0 Å². The maximum Gasteiger partial charge on any atom is 0.223 e. The van der Waals surface area contributed by atoms with Gasteiger partial charge in [0.15, 0.2) is 5.78 Å². The van der Waals surface area contributed by atoms with Crippen LogP contribution in [0.3, 0.4) is 0 Å². The van der Waals surface area contributed by atoms with Gasteiger partial charge in [-0.1, -0.05) is 25.0 Å². The fourth-order valence-electron chi connectivity index (χ4n) is 5.25. The van der Waals surface area contributed by atoms with Crippen molar-refractivity contribution in [1.29, 1.82) is 0 Å². The van der Waals surface area contributed by atoms with E-state index in [4.69, 9.17) is 0 Å². The Bertz CT molecular complexity index is 983. The van der Waals surface area contributed by atoms with Gasteiger partial charge in [-0.2, -0.15) is 5.10 Å². The average molecular weight is 411 g/mol. The van der Waals surface area contributed by atoms with Crippen LogP contribution in [0, 0.1) is 11.8 Å². The second-order valence-electron chi connectivity index (χ2n) is 9.04. The van der Waals surface area contributed by atoms with Gasteiger partial charge >= 0.3 is 0 Å². The molecular formula is C23H30N4O3. The van der Waals surface area contributed by atoms with Gasteiger partial charge in [0.1, 0.15) is 0 Å². The minimum atomic E-state index is -0.889. The topological polar surface area (TPSA) is 93.1 Å². The van der Waals surface area contributed by atoms with Crippen molar-refractivity contribution in [3.8, 4) is 0 Å². The third-order valence-electron chi connectivity index (χ3n) is 6.85. The first-order valence-electron chi connectivity index (χ1n) is 10.8. The lowest BCUT2D eigenvalue weighted by atomic mass is 9.65. The van der Waals surface area contributed by atoms with Crippen LogP contribution in [0.5, 0.6) is 0 Å². The van der Waals surface area contributed by atoms with Crippen molar-refractivity contribution in [2.24, 2.45) is 18.9 Å². The van der Waals surface area contributed by atoms with E-state index in [0.29, 0.717) is 18.8 Å². The molecule has 4 rings (SSSR count). The zero-order valence-corrected chi connectivity index (χ0v) is 17.9. The fourth-order valence-corrected chi connectivity index (χ4v) is 5.25. The van der Waals surface area contributed by atoms with E-state index < -0.39 is 5.54 Å². The molecule has 0 radical (unpaired) electrons. The Hall–Kier alpha value is -2.70. The summed E-state index contributed by atoms with van der Waals surface area (Å²) >= 11 is 0. The number of hydrogen-bond acceptors (Lipinski definition) is 4. The first-order chi connectivity index (χ1) is 14.3. The highest BCUT2D eigenvalue weighted by molar-refractivity contribution is 5.95. The fraction of sp³-hybridized carbons (Fsp3) is 0.565. The van der Waals surface area contributed by atoms with Gasteiger partial charge in [-0.3, -0.25) is 19.1 Å². The quantitative estimate of drug-likeness (QED) is 0.766. The molecule has 1 aromatic carbocycles. The minimum Gasteiger partial charge on any atom is -0.349 e. The number of carbonyl (C=O) groups excluding carboxylic acids is 3. The normalized spacial score (nSPS) is 25.0. The van der Waals surface area contributed by atoms with Crippen LogP contribution in [0.1, 0.15) is 64.0 Å². The number of nitrogens with zero attached hydrogens (tertiary/aromatic N) is 2. The van der Waals surface area contributed by atoms with Crippen LogP contribution in [0.4, 0.5) is 0 Å². The predicted molar refractivity (Wildman–Crippen MR) is 114 cm³/mol. The molecule has 2 fully saturated rings. The Morgan fingerprint density at radius 1 is 1.17 bits per heavy atom. The molecule has 1 aromatic heterocycles. The molecule has 2 amide bonds. The largest absolute Gasteiger partial charge is 0.349 e. The van der Waals surface area contributed by atoms with Crippen molar-refractivity contribution < 1.29 is 14.4 Å². The number of amides is 2. The first-order valence-corrected chi connectivity index (χ1v) is 10.8. The summed E-state index contributed by atoms with van der Waals surface area (Å²) in [6, 6.07) is 6.01. The maximum atomic E-state index is 13.1. The number of nitrogens with one attached hydrogen (secondary N) is 2. The van der Waals surface area contributed by atoms with Gasteiger partial charge in [0.2, 0.25) is 11.8 Å². The Morgan fingerprint density at radius 3 is 2.50 bits per heavy atom. The van der Waals surface area contributed by atoms with Crippen LogP contribution in [0.15, 0.2) is 24.4 Å². The summed E-state index contributed by atoms with van der Waals surface area (Å²) in [4.78, 5) is 36.8. The number of carbonyl (C=O) groups is 3. The highest BCUT2D eigenvalue weighted by Gasteiger charge is 2.51. The van der Waals surface area contributed by atoms with Crippen LogP contribution < -0.4 is 10.6 Å². The molecule has 0 unspecified atom stereocenters. The second kappa shape index (κ2) is 7.85. The van der Waals surface area contributed by atoms with E-state index in [1.165, 1.54) is 26.7 Å². The van der Waals surface area contributed by atoms with Crippen molar-refractivity contribution in [1.82, 2.24) is 20.4 Å². The summed E-state index contributed by atoms with van der Waals surface area (Å²) in [6.45, 7) is 2.89. The molecule has 1 heterocycles. The maximum absolute atomic E-state index is 13.1. The van der Waals surface area contributed by atoms with Crippen LogP contribution in [0.2, 0.25) is 0 Å². The summed E-state index contributed by atoms with van der Waals surface area (Å²) < 4.78 is 1.81. The number of benzene rings is 1. The molecular weight excluding hydrogens is 380 g/mol. The number of fused-ring (bicyclic) bond motifs is 1. The standard InChI is InChI=1S/C23H30N4O3/c1-14(28)23(25-15(2)29)11-17(12-23)22(30)24-21(16-7-4-5-8-16)18-9-6-10-20-19(18)13-27(3)26-20/h6,9-10,13,16-17,21H,4-5,7-8,11-12H2,1-3H3,(H,24,30)(H,25,29)/t17?,21-,23?/m1/s1. The molecule has 2 saturated carbocycles. The summed E-state index contributed by atoms with van der Waals surface area (Å²) in [5, 5.41) is 11.7. The molecule has 0 bridgehead atoms. The number of rotatable bonds is 6. The monoisotopic (exact) mass is 410 g/mol. The average Bonchev–Trinajstić information content (AvgIpc) is 3.30. The van der Waals surface area contributed by atoms with Crippen LogP contribution >= 0.6 is 0 Å². The van der Waals surface area contributed by atoms with Crippen LogP contribution in [0.25, 0.3) is 10.9 Å². The van der Waals surface area contributed by atoms with Crippen LogP contribution in [-0.2, 0) is 21.4 Å². The number of aryl methyl sites for hydroxylation is 1. The Kier molecular flexibility index (Phi) is 5.38. The van der Waals surface area contributed by atoms with E-state index >= 15 is 0 Å². The minimum absolute atomic E-state index is 0.0324. The molecule has 2 aliphatic rings. The third kappa shape index (κ3) is 3.73. The lowest BCUT2D eigenvalue weighted by Gasteiger charge is -2.45. The molecule has 2 aliphatic carbocycles. The molecule has 2 N–H and O–H groups in total. The van der Waals surface area contributed by atoms with E-state index in [1.807, 2.05) is 30.1 Å². The van der Waals surface area contributed by atoms with Crippen molar-refractivity contribution in [2.45, 2.75) is 64.0 Å². The molecule has 160 valence electrons. The van der Waals surface area contributed by atoms with E-state index in [0.717, 1.165) is 29.3 Å². The molecule has 0 spiro atoms. The van der Waals surface area contributed by atoms with Gasteiger partial charge in [-0.25, -0.2) is 0 Å². The summed E-state index contributed by atoms with van der Waals surface area (Å²) in [5.41, 5.74) is 1.15. The van der Waals surface area contributed by atoms with E-state index in [-0.39, 0.29) is 29.6 Å². The Balaban J connectivity index is 1.55. The van der Waals surface area contributed by atoms with Crippen molar-refractivity contribution >= 4 is 28.5 Å². The molecule has 2 aromatic rings. The third-order valence-corrected chi connectivity index (χ3v) is 6.85. The van der Waals surface area contributed by atoms with E-state index in [1.54, 1.807) is 0 Å². The van der Waals surface area contributed by atoms with Gasteiger partial charge in [-0.05, 0) is 50.2 Å². The van der Waals surface area contributed by atoms with Gasteiger partial charge in [-0.15, -0.1) is 0 Å². The summed E-state index contributed by atoms with van der Waals surface area (Å²) in [5.74, 6) is -0.231. The Labute approximate surface area is 176 Å². The van der Waals surface area contributed by atoms with Crippen LogP contribution in [-0.4, -0.2) is 32.9 Å².